The van der Waals surface area contributed by atoms with Crippen LogP contribution in [0.15, 0.2) is 23.4 Å². The monoisotopic (exact) mass is 321 g/mol. The van der Waals surface area contributed by atoms with Crippen molar-refractivity contribution in [1.29, 1.82) is 0 Å². The Morgan fingerprint density at radius 1 is 1.48 bits per heavy atom. The van der Waals surface area contributed by atoms with Crippen LogP contribution in [0.5, 0.6) is 0 Å². The summed E-state index contributed by atoms with van der Waals surface area (Å²) in [6.07, 6.45) is -2.99. The summed E-state index contributed by atoms with van der Waals surface area (Å²) >= 11 is 1.29. The maximum Gasteiger partial charge on any atom is 0.417 e. The Hall–Kier alpha value is -1.32. The molecule has 3 N–H and O–H groups in total. The number of nitrogens with one attached hydrogen (secondary N) is 1. The fraction of sp³-hybridized carbons (Fsp3) is 0.500. The van der Waals surface area contributed by atoms with Crippen molar-refractivity contribution in [1.82, 2.24) is 10.4 Å². The number of carbonyl (C=O) groups is 1. The largest absolute Gasteiger partial charge is 0.417 e. The number of hydrogen-bond acceptors (Lipinski definition) is 5. The molecule has 1 aromatic heterocycles. The highest BCUT2D eigenvalue weighted by atomic mass is 32.2. The van der Waals surface area contributed by atoms with Crippen molar-refractivity contribution in [3.63, 3.8) is 0 Å². The highest BCUT2D eigenvalue weighted by Gasteiger charge is 2.31. The van der Waals surface area contributed by atoms with E-state index in [1.807, 2.05) is 5.43 Å². The number of pyridine rings is 1. The van der Waals surface area contributed by atoms with E-state index >= 15 is 0 Å². The number of nitrogens with zero attached hydrogens (tertiary/aromatic N) is 1. The van der Waals surface area contributed by atoms with Gasteiger partial charge in [-0.05, 0) is 25.0 Å². The third-order valence-corrected chi connectivity index (χ3v) is 4.10. The van der Waals surface area contributed by atoms with E-state index in [0.717, 1.165) is 12.3 Å². The first-order valence-corrected chi connectivity index (χ1v) is 7.20. The molecule has 1 saturated heterocycles. The summed E-state index contributed by atoms with van der Waals surface area (Å²) in [5.41, 5.74) is 1.26. The molecular formula is C12H14F3N3O2S. The van der Waals surface area contributed by atoms with Gasteiger partial charge in [0.05, 0.1) is 16.7 Å². The zero-order valence-corrected chi connectivity index (χ0v) is 11.7. The van der Waals surface area contributed by atoms with Crippen LogP contribution in [0.2, 0.25) is 0 Å². The van der Waals surface area contributed by atoms with Gasteiger partial charge in [0.2, 0.25) is 0 Å². The molecule has 1 aromatic rings. The molecule has 21 heavy (non-hydrogen) atoms. The Kier molecular flexibility index (Phi) is 5.07. The van der Waals surface area contributed by atoms with Gasteiger partial charge in [-0.2, -0.15) is 13.2 Å². The summed E-state index contributed by atoms with van der Waals surface area (Å²) < 4.78 is 42.7. The number of halogens is 3. The minimum Gasteiger partial charge on any atom is -0.364 e. The molecule has 0 bridgehead atoms. The first-order valence-electron chi connectivity index (χ1n) is 6.22. The van der Waals surface area contributed by atoms with E-state index in [1.165, 1.54) is 17.8 Å². The maximum absolute atomic E-state index is 12.4. The molecule has 2 heterocycles. The van der Waals surface area contributed by atoms with Crippen LogP contribution in [0.4, 0.5) is 13.2 Å². The van der Waals surface area contributed by atoms with E-state index in [9.17, 15) is 18.0 Å². The normalized spacial score (nSPS) is 22.3. The third kappa shape index (κ3) is 4.32. The van der Waals surface area contributed by atoms with Crippen LogP contribution < -0.4 is 11.3 Å². The minimum atomic E-state index is -4.38. The quantitative estimate of drug-likeness (QED) is 0.382. The lowest BCUT2D eigenvalue weighted by molar-refractivity contribution is -0.138. The molecule has 0 aliphatic carbocycles. The van der Waals surface area contributed by atoms with Gasteiger partial charge in [0.15, 0.2) is 0 Å². The molecule has 2 atom stereocenters. The van der Waals surface area contributed by atoms with Gasteiger partial charge >= 0.3 is 6.18 Å². The van der Waals surface area contributed by atoms with E-state index in [2.05, 4.69) is 4.98 Å². The predicted molar refractivity (Wildman–Crippen MR) is 70.2 cm³/mol. The summed E-state index contributed by atoms with van der Waals surface area (Å²) in [4.78, 5) is 15.0. The van der Waals surface area contributed by atoms with Crippen molar-refractivity contribution >= 4 is 17.7 Å². The highest BCUT2D eigenvalue weighted by Crippen LogP contribution is 2.30. The van der Waals surface area contributed by atoms with Gasteiger partial charge in [-0.15, -0.1) is 11.8 Å². The molecule has 1 aliphatic heterocycles. The molecule has 9 heteroatoms. The van der Waals surface area contributed by atoms with Gasteiger partial charge in [-0.3, -0.25) is 10.2 Å². The fourth-order valence-electron chi connectivity index (χ4n) is 1.93. The minimum absolute atomic E-state index is 0.138. The summed E-state index contributed by atoms with van der Waals surface area (Å²) in [6, 6.07) is 2.32. The predicted octanol–water partition coefficient (Wildman–Crippen LogP) is 1.73. The summed E-state index contributed by atoms with van der Waals surface area (Å²) in [6.45, 7) is 0. The van der Waals surface area contributed by atoms with E-state index < -0.39 is 17.8 Å². The van der Waals surface area contributed by atoms with E-state index in [1.54, 1.807) is 0 Å². The number of hydrogen-bond donors (Lipinski definition) is 2. The lowest BCUT2D eigenvalue weighted by Gasteiger charge is -2.12. The lowest BCUT2D eigenvalue weighted by atomic mass is 10.2. The van der Waals surface area contributed by atoms with Crippen LogP contribution >= 0.6 is 11.8 Å². The van der Waals surface area contributed by atoms with E-state index in [0.29, 0.717) is 23.6 Å². The molecule has 0 radical (unpaired) electrons. The van der Waals surface area contributed by atoms with Crippen LogP contribution in [0.3, 0.4) is 0 Å². The van der Waals surface area contributed by atoms with Gasteiger partial charge in [-0.1, -0.05) is 0 Å². The van der Waals surface area contributed by atoms with Crippen LogP contribution in [0.1, 0.15) is 18.4 Å². The number of hydrazine groups is 1. The Balaban J connectivity index is 1.83. The number of rotatable bonds is 4. The molecule has 116 valence electrons. The Labute approximate surface area is 123 Å². The molecule has 1 aliphatic rings. The Bertz CT molecular complexity index is 496. The Morgan fingerprint density at radius 3 is 2.81 bits per heavy atom. The first-order chi connectivity index (χ1) is 9.90. The molecule has 2 rings (SSSR count). The van der Waals surface area contributed by atoms with E-state index in [-0.39, 0.29) is 12.0 Å². The highest BCUT2D eigenvalue weighted by molar-refractivity contribution is 7.99. The second-order valence-electron chi connectivity index (χ2n) is 4.53. The molecule has 0 saturated carbocycles. The summed E-state index contributed by atoms with van der Waals surface area (Å²) in [7, 11) is 0. The number of carbonyl (C=O) groups excluding carboxylic acids is 1. The van der Waals surface area contributed by atoms with Gasteiger partial charge in [0.1, 0.15) is 6.10 Å². The van der Waals surface area contributed by atoms with Crippen LogP contribution in [0.25, 0.3) is 0 Å². The second-order valence-corrected chi connectivity index (χ2v) is 5.57. The van der Waals surface area contributed by atoms with Crippen molar-refractivity contribution in [2.45, 2.75) is 36.3 Å². The van der Waals surface area contributed by atoms with Crippen molar-refractivity contribution < 1.29 is 22.7 Å². The van der Waals surface area contributed by atoms with Crippen molar-refractivity contribution in [2.24, 2.45) is 5.84 Å². The molecule has 5 nitrogen and oxygen atoms in total. The average molecular weight is 321 g/mol. The number of aromatic nitrogens is 1. The summed E-state index contributed by atoms with van der Waals surface area (Å²) in [5.74, 6) is 5.18. The summed E-state index contributed by atoms with van der Waals surface area (Å²) in [5, 5.41) is 0.485. The molecule has 1 amide bonds. The zero-order valence-electron chi connectivity index (χ0n) is 10.9. The molecule has 2 unspecified atom stereocenters. The Morgan fingerprint density at radius 2 is 2.24 bits per heavy atom. The third-order valence-electron chi connectivity index (χ3n) is 3.02. The first kappa shape index (κ1) is 16.1. The van der Waals surface area contributed by atoms with Crippen molar-refractivity contribution in [3.8, 4) is 0 Å². The lowest BCUT2D eigenvalue weighted by Crippen LogP contribution is -2.39. The number of thioether (sulfide) groups is 1. The fourth-order valence-corrected chi connectivity index (χ4v) is 2.82. The van der Waals surface area contributed by atoms with Gasteiger partial charge < -0.3 is 4.74 Å². The van der Waals surface area contributed by atoms with Crippen LogP contribution in [0, 0.1) is 0 Å². The van der Waals surface area contributed by atoms with Crippen LogP contribution in [-0.4, -0.2) is 28.9 Å². The molecule has 1 fully saturated rings. The van der Waals surface area contributed by atoms with Crippen molar-refractivity contribution in [2.75, 3.05) is 5.75 Å². The number of ether oxygens (including phenoxy) is 1. The van der Waals surface area contributed by atoms with Gasteiger partial charge in [-0.25, -0.2) is 10.8 Å². The number of alkyl halides is 3. The smallest absolute Gasteiger partial charge is 0.364 e. The van der Waals surface area contributed by atoms with Crippen molar-refractivity contribution in [3.05, 3.63) is 23.9 Å². The SMILES string of the molecule is NNC(=O)C1CCC(CSc2ccc(C(F)(F)F)cn2)O1. The average Bonchev–Trinajstić information content (AvgIpc) is 2.92. The van der Waals surface area contributed by atoms with Gasteiger partial charge in [0, 0.05) is 11.9 Å². The molecular weight excluding hydrogens is 307 g/mol. The molecule has 0 aromatic carbocycles. The zero-order chi connectivity index (χ0) is 15.5. The molecule has 0 spiro atoms. The van der Waals surface area contributed by atoms with E-state index in [4.69, 9.17) is 10.6 Å². The topological polar surface area (TPSA) is 77.2 Å². The second kappa shape index (κ2) is 6.63. The maximum atomic E-state index is 12.4. The van der Waals surface area contributed by atoms with Crippen LogP contribution in [-0.2, 0) is 15.7 Å². The standard InChI is InChI=1S/C12H14F3N3O2S/c13-12(14,15)7-1-4-10(17-5-7)21-6-8-2-3-9(20-8)11(19)18-16/h1,4-5,8-9H,2-3,6,16H2,(H,18,19). The van der Waals surface area contributed by atoms with Gasteiger partial charge in [0.25, 0.3) is 5.91 Å². The number of amides is 1. The number of nitrogens with two attached hydrogens (primary N) is 1.